The highest BCUT2D eigenvalue weighted by molar-refractivity contribution is 5.82. The first-order valence-corrected chi connectivity index (χ1v) is 5.76. The van der Waals surface area contributed by atoms with Crippen LogP contribution in [0, 0.1) is 0 Å². The number of hydrogen-bond donors (Lipinski definition) is 0. The number of ether oxygens (including phenoxy) is 1. The number of benzene rings is 1. The summed E-state index contributed by atoms with van der Waals surface area (Å²) in [6.07, 6.45) is 9.66. The standard InChI is InChI=1S/C16H14O2/c1-2-16(17)18-15-10-8-14(9-11-15)12-13-6-4-3-5-7-13/h2-8,10-12H,1,9H2. The van der Waals surface area contributed by atoms with E-state index in [9.17, 15) is 4.79 Å². The molecule has 0 amide bonds. The normalized spacial score (nSPS) is 16.2. The van der Waals surface area contributed by atoms with Gasteiger partial charge in [0.15, 0.2) is 0 Å². The third kappa shape index (κ3) is 3.32. The fraction of sp³-hybridized carbons (Fsp3) is 0.0625. The van der Waals surface area contributed by atoms with Crippen LogP contribution in [0.3, 0.4) is 0 Å². The van der Waals surface area contributed by atoms with Gasteiger partial charge in [0.25, 0.3) is 0 Å². The van der Waals surface area contributed by atoms with Gasteiger partial charge >= 0.3 is 5.97 Å². The molecular formula is C16H14O2. The van der Waals surface area contributed by atoms with Crippen LogP contribution in [-0.4, -0.2) is 5.97 Å². The maximum atomic E-state index is 11.0. The Balaban J connectivity index is 2.03. The molecule has 0 aliphatic heterocycles. The summed E-state index contributed by atoms with van der Waals surface area (Å²) in [5, 5.41) is 0. The molecule has 0 atom stereocenters. The zero-order valence-electron chi connectivity index (χ0n) is 10.0. The van der Waals surface area contributed by atoms with E-state index in [4.69, 9.17) is 4.74 Å². The molecular weight excluding hydrogens is 224 g/mol. The first kappa shape index (κ1) is 12.1. The van der Waals surface area contributed by atoms with Gasteiger partial charge < -0.3 is 4.74 Å². The molecule has 2 rings (SSSR count). The Kier molecular flexibility index (Phi) is 3.92. The van der Waals surface area contributed by atoms with Crippen LogP contribution in [-0.2, 0) is 9.53 Å². The lowest BCUT2D eigenvalue weighted by Gasteiger charge is -2.08. The van der Waals surface area contributed by atoms with Crippen molar-refractivity contribution in [3.63, 3.8) is 0 Å². The molecule has 0 unspecified atom stereocenters. The van der Waals surface area contributed by atoms with Gasteiger partial charge in [0.05, 0.1) is 0 Å². The third-order valence-corrected chi connectivity index (χ3v) is 2.54. The van der Waals surface area contributed by atoms with E-state index >= 15 is 0 Å². The fourth-order valence-corrected chi connectivity index (χ4v) is 1.65. The average Bonchev–Trinajstić information content (AvgIpc) is 2.42. The van der Waals surface area contributed by atoms with Crippen LogP contribution in [0.1, 0.15) is 12.0 Å². The molecule has 0 fully saturated rings. The molecule has 2 heteroatoms. The van der Waals surface area contributed by atoms with Crippen LogP contribution in [0.5, 0.6) is 0 Å². The summed E-state index contributed by atoms with van der Waals surface area (Å²) in [5.41, 5.74) is 2.34. The summed E-state index contributed by atoms with van der Waals surface area (Å²) >= 11 is 0. The van der Waals surface area contributed by atoms with Gasteiger partial charge in [-0.1, -0.05) is 49.1 Å². The van der Waals surface area contributed by atoms with Crippen molar-refractivity contribution in [1.82, 2.24) is 0 Å². The van der Waals surface area contributed by atoms with Gasteiger partial charge in [-0.3, -0.25) is 0 Å². The molecule has 18 heavy (non-hydrogen) atoms. The SMILES string of the molecule is C=CC(=O)OC1=CCC(=Cc2ccccc2)C=C1. The Morgan fingerprint density at radius 1 is 1.22 bits per heavy atom. The number of carbonyl (C=O) groups excluding carboxylic acids is 1. The zero-order chi connectivity index (χ0) is 12.8. The number of rotatable bonds is 3. The molecule has 1 aliphatic carbocycles. The molecule has 0 N–H and O–H groups in total. The van der Waals surface area contributed by atoms with Crippen LogP contribution < -0.4 is 0 Å². The topological polar surface area (TPSA) is 26.3 Å². The molecule has 1 aromatic carbocycles. The number of carbonyl (C=O) groups is 1. The Bertz CT molecular complexity index is 533. The van der Waals surface area contributed by atoms with Crippen molar-refractivity contribution in [3.8, 4) is 0 Å². The summed E-state index contributed by atoms with van der Waals surface area (Å²) in [7, 11) is 0. The van der Waals surface area contributed by atoms with Crippen molar-refractivity contribution in [2.45, 2.75) is 6.42 Å². The largest absolute Gasteiger partial charge is 0.424 e. The summed E-state index contributed by atoms with van der Waals surface area (Å²) in [6.45, 7) is 3.36. The van der Waals surface area contributed by atoms with Crippen LogP contribution >= 0.6 is 0 Å². The zero-order valence-corrected chi connectivity index (χ0v) is 10.0. The Hall–Kier alpha value is -2.35. The second-order valence-corrected chi connectivity index (χ2v) is 3.90. The molecule has 0 bridgehead atoms. The first-order valence-electron chi connectivity index (χ1n) is 5.76. The molecule has 1 aliphatic rings. The minimum atomic E-state index is -0.429. The summed E-state index contributed by atoms with van der Waals surface area (Å²) in [4.78, 5) is 11.0. The van der Waals surface area contributed by atoms with Crippen LogP contribution in [0.4, 0.5) is 0 Å². The van der Waals surface area contributed by atoms with E-state index in [1.165, 1.54) is 5.57 Å². The molecule has 0 saturated heterocycles. The van der Waals surface area contributed by atoms with Crippen molar-refractivity contribution in [2.24, 2.45) is 0 Å². The smallest absolute Gasteiger partial charge is 0.335 e. The van der Waals surface area contributed by atoms with Gasteiger partial charge in [0, 0.05) is 6.08 Å². The van der Waals surface area contributed by atoms with Gasteiger partial charge in [-0.2, -0.15) is 0 Å². The minimum absolute atomic E-state index is 0.429. The fourth-order valence-electron chi connectivity index (χ4n) is 1.65. The van der Waals surface area contributed by atoms with Crippen molar-refractivity contribution in [3.05, 3.63) is 78.1 Å². The van der Waals surface area contributed by atoms with E-state index in [0.717, 1.165) is 18.1 Å². The van der Waals surface area contributed by atoms with Crippen molar-refractivity contribution in [2.75, 3.05) is 0 Å². The van der Waals surface area contributed by atoms with Crippen molar-refractivity contribution < 1.29 is 9.53 Å². The highest BCUT2D eigenvalue weighted by atomic mass is 16.5. The van der Waals surface area contributed by atoms with E-state index in [1.807, 2.05) is 30.4 Å². The third-order valence-electron chi connectivity index (χ3n) is 2.54. The monoisotopic (exact) mass is 238 g/mol. The van der Waals surface area contributed by atoms with Crippen LogP contribution in [0.2, 0.25) is 0 Å². The van der Waals surface area contributed by atoms with Crippen molar-refractivity contribution >= 4 is 12.0 Å². The second kappa shape index (κ2) is 5.82. The van der Waals surface area contributed by atoms with E-state index in [1.54, 1.807) is 6.08 Å². The highest BCUT2D eigenvalue weighted by Gasteiger charge is 2.05. The van der Waals surface area contributed by atoms with Crippen molar-refractivity contribution in [1.29, 1.82) is 0 Å². The molecule has 1 aromatic rings. The lowest BCUT2D eigenvalue weighted by molar-refractivity contribution is -0.133. The van der Waals surface area contributed by atoms with E-state index < -0.39 is 5.97 Å². The predicted octanol–water partition coefficient (Wildman–Crippen LogP) is 3.64. The molecule has 90 valence electrons. The summed E-state index contributed by atoms with van der Waals surface area (Å²) < 4.78 is 5.03. The minimum Gasteiger partial charge on any atom is -0.424 e. The summed E-state index contributed by atoms with van der Waals surface area (Å²) in [5.74, 6) is 0.145. The quantitative estimate of drug-likeness (QED) is 0.593. The lowest BCUT2D eigenvalue weighted by Crippen LogP contribution is -2.00. The van der Waals surface area contributed by atoms with Gasteiger partial charge in [-0.15, -0.1) is 0 Å². The molecule has 2 nitrogen and oxygen atoms in total. The van der Waals surface area contributed by atoms with E-state index in [2.05, 4.69) is 24.8 Å². The molecule has 0 aromatic heterocycles. The van der Waals surface area contributed by atoms with Gasteiger partial charge in [-0.05, 0) is 29.7 Å². The maximum absolute atomic E-state index is 11.0. The van der Waals surface area contributed by atoms with Gasteiger partial charge in [0.2, 0.25) is 0 Å². The predicted molar refractivity (Wildman–Crippen MR) is 72.5 cm³/mol. The van der Waals surface area contributed by atoms with Crippen LogP contribution in [0.15, 0.2) is 72.5 Å². The van der Waals surface area contributed by atoms with E-state index in [-0.39, 0.29) is 0 Å². The first-order chi connectivity index (χ1) is 8.78. The van der Waals surface area contributed by atoms with Gasteiger partial charge in [0.1, 0.15) is 5.76 Å². The van der Waals surface area contributed by atoms with Gasteiger partial charge in [-0.25, -0.2) is 4.79 Å². The Morgan fingerprint density at radius 3 is 2.61 bits per heavy atom. The average molecular weight is 238 g/mol. The maximum Gasteiger partial charge on any atom is 0.335 e. The number of allylic oxidation sites excluding steroid dienone is 4. The molecule has 0 saturated carbocycles. The Morgan fingerprint density at radius 2 is 2.00 bits per heavy atom. The molecule has 0 spiro atoms. The highest BCUT2D eigenvalue weighted by Crippen LogP contribution is 2.19. The van der Waals surface area contributed by atoms with E-state index in [0.29, 0.717) is 5.76 Å². The lowest BCUT2D eigenvalue weighted by atomic mass is 10.0. The molecule has 0 radical (unpaired) electrons. The van der Waals surface area contributed by atoms with Crippen LogP contribution in [0.25, 0.3) is 6.08 Å². The molecule has 0 heterocycles. The Labute approximate surface area is 107 Å². The number of esters is 1. The second-order valence-electron chi connectivity index (χ2n) is 3.90. The number of hydrogen-bond acceptors (Lipinski definition) is 2. The summed E-state index contributed by atoms with van der Waals surface area (Å²) in [6, 6.07) is 10.1.